The highest BCUT2D eigenvalue weighted by Gasteiger charge is 2.17. The number of nitrogens with one attached hydrogen (secondary N) is 1. The fourth-order valence-corrected chi connectivity index (χ4v) is 2.01. The van der Waals surface area contributed by atoms with E-state index in [0.29, 0.717) is 13.2 Å². The third-order valence-electron chi connectivity index (χ3n) is 2.59. The first-order valence-corrected chi connectivity index (χ1v) is 6.69. The Morgan fingerprint density at radius 3 is 2.67 bits per heavy atom. The Balaban J connectivity index is 2.68. The molecule has 0 aliphatic rings. The van der Waals surface area contributed by atoms with E-state index in [0.717, 1.165) is 17.1 Å². The van der Waals surface area contributed by atoms with Gasteiger partial charge in [-0.3, -0.25) is 0 Å². The molecule has 0 bridgehead atoms. The number of rotatable bonds is 8. The molecular weight excluding hydrogens is 250 g/mol. The van der Waals surface area contributed by atoms with E-state index >= 15 is 0 Å². The number of likely N-dealkylation sites (N-methyl/N-ethyl adjacent to an activating group) is 1. The molecule has 0 aromatic heterocycles. The van der Waals surface area contributed by atoms with Crippen LogP contribution in [-0.2, 0) is 9.47 Å². The molecule has 0 heterocycles. The molecule has 1 N–H and O–H groups in total. The normalized spacial score (nSPS) is 14.4. The van der Waals surface area contributed by atoms with E-state index in [4.69, 9.17) is 21.1 Å². The summed E-state index contributed by atoms with van der Waals surface area (Å²) in [5, 5.41) is 3.87. The van der Waals surface area contributed by atoms with E-state index in [9.17, 15) is 0 Å². The van der Waals surface area contributed by atoms with Crippen LogP contribution in [-0.4, -0.2) is 32.9 Å². The molecule has 102 valence electrons. The molecule has 3 nitrogen and oxygen atoms in total. The van der Waals surface area contributed by atoms with Crippen molar-refractivity contribution in [3.63, 3.8) is 0 Å². The van der Waals surface area contributed by atoms with Crippen molar-refractivity contribution in [3.05, 3.63) is 34.9 Å². The molecule has 0 fully saturated rings. The van der Waals surface area contributed by atoms with Crippen molar-refractivity contribution in [2.24, 2.45) is 0 Å². The van der Waals surface area contributed by atoms with Crippen molar-refractivity contribution in [1.82, 2.24) is 5.32 Å². The van der Waals surface area contributed by atoms with Gasteiger partial charge in [-0.1, -0.05) is 29.8 Å². The SMILES string of the molecule is CCOCC(C)OC(CNC)c1ccccc1Cl. The lowest BCUT2D eigenvalue weighted by Gasteiger charge is -2.23. The zero-order valence-corrected chi connectivity index (χ0v) is 12.0. The maximum Gasteiger partial charge on any atom is 0.0968 e. The summed E-state index contributed by atoms with van der Waals surface area (Å²) in [6, 6.07) is 7.78. The van der Waals surface area contributed by atoms with Crippen LogP contribution in [0.15, 0.2) is 24.3 Å². The van der Waals surface area contributed by atoms with Crippen LogP contribution in [0, 0.1) is 0 Å². The van der Waals surface area contributed by atoms with E-state index in [2.05, 4.69) is 5.32 Å². The largest absolute Gasteiger partial charge is 0.379 e. The first kappa shape index (κ1) is 15.4. The molecule has 1 aromatic rings. The summed E-state index contributed by atoms with van der Waals surface area (Å²) in [4.78, 5) is 0. The molecule has 0 aliphatic heterocycles. The van der Waals surface area contributed by atoms with Gasteiger partial charge in [0.05, 0.1) is 18.8 Å². The van der Waals surface area contributed by atoms with Gasteiger partial charge in [-0.05, 0) is 27.0 Å². The second-order valence-electron chi connectivity index (χ2n) is 4.17. The van der Waals surface area contributed by atoms with Gasteiger partial charge >= 0.3 is 0 Å². The zero-order valence-electron chi connectivity index (χ0n) is 11.3. The summed E-state index contributed by atoms with van der Waals surface area (Å²) in [6.45, 7) is 6.01. The average molecular weight is 272 g/mol. The summed E-state index contributed by atoms with van der Waals surface area (Å²) >= 11 is 6.20. The molecule has 0 amide bonds. The average Bonchev–Trinajstić information content (AvgIpc) is 2.36. The second-order valence-corrected chi connectivity index (χ2v) is 4.58. The van der Waals surface area contributed by atoms with E-state index in [-0.39, 0.29) is 12.2 Å². The van der Waals surface area contributed by atoms with Crippen molar-refractivity contribution in [3.8, 4) is 0 Å². The van der Waals surface area contributed by atoms with Crippen LogP contribution in [0.25, 0.3) is 0 Å². The Labute approximate surface area is 114 Å². The smallest absolute Gasteiger partial charge is 0.0968 e. The lowest BCUT2D eigenvalue weighted by Crippen LogP contribution is -2.26. The molecule has 1 rings (SSSR count). The van der Waals surface area contributed by atoms with Crippen molar-refractivity contribution in [1.29, 1.82) is 0 Å². The van der Waals surface area contributed by atoms with Crippen molar-refractivity contribution in [2.45, 2.75) is 26.1 Å². The van der Waals surface area contributed by atoms with Gasteiger partial charge in [0.25, 0.3) is 0 Å². The second kappa shape index (κ2) is 8.48. The van der Waals surface area contributed by atoms with Crippen LogP contribution >= 0.6 is 11.6 Å². The van der Waals surface area contributed by atoms with Crippen LogP contribution in [0.4, 0.5) is 0 Å². The molecule has 4 heteroatoms. The number of ether oxygens (including phenoxy) is 2. The molecule has 18 heavy (non-hydrogen) atoms. The Morgan fingerprint density at radius 2 is 2.06 bits per heavy atom. The van der Waals surface area contributed by atoms with Gasteiger partial charge in [0.2, 0.25) is 0 Å². The van der Waals surface area contributed by atoms with Crippen LogP contribution in [0.5, 0.6) is 0 Å². The van der Waals surface area contributed by atoms with E-state index in [1.54, 1.807) is 0 Å². The maximum absolute atomic E-state index is 6.20. The Hall–Kier alpha value is -0.610. The Morgan fingerprint density at radius 1 is 1.33 bits per heavy atom. The predicted octanol–water partition coefficient (Wildman–Crippen LogP) is 3.04. The molecule has 0 spiro atoms. The molecule has 0 saturated carbocycles. The fraction of sp³-hybridized carbons (Fsp3) is 0.571. The van der Waals surface area contributed by atoms with Gasteiger partial charge in [0, 0.05) is 23.7 Å². The third-order valence-corrected chi connectivity index (χ3v) is 2.94. The first-order valence-electron chi connectivity index (χ1n) is 6.31. The van der Waals surface area contributed by atoms with Gasteiger partial charge in [-0.15, -0.1) is 0 Å². The summed E-state index contributed by atoms with van der Waals surface area (Å²) in [5.74, 6) is 0. The van der Waals surface area contributed by atoms with Gasteiger partial charge in [0.15, 0.2) is 0 Å². The highest BCUT2D eigenvalue weighted by atomic mass is 35.5. The van der Waals surface area contributed by atoms with Crippen molar-refractivity contribution >= 4 is 11.6 Å². The standard InChI is InChI=1S/C14H22ClNO2/c1-4-17-10-11(2)18-14(9-16-3)12-7-5-6-8-13(12)15/h5-8,11,14,16H,4,9-10H2,1-3H3. The quantitative estimate of drug-likeness (QED) is 0.788. The summed E-state index contributed by atoms with van der Waals surface area (Å²) < 4.78 is 11.3. The van der Waals surface area contributed by atoms with E-state index in [1.165, 1.54) is 0 Å². The lowest BCUT2D eigenvalue weighted by molar-refractivity contribution is -0.0463. The highest BCUT2D eigenvalue weighted by Crippen LogP contribution is 2.26. The number of hydrogen-bond acceptors (Lipinski definition) is 3. The monoisotopic (exact) mass is 271 g/mol. The minimum absolute atomic E-state index is 0.0413. The third kappa shape index (κ3) is 4.94. The molecule has 2 unspecified atom stereocenters. The Kier molecular flexibility index (Phi) is 7.28. The van der Waals surface area contributed by atoms with Crippen molar-refractivity contribution < 1.29 is 9.47 Å². The molecule has 0 radical (unpaired) electrons. The van der Waals surface area contributed by atoms with Crippen LogP contribution in [0.1, 0.15) is 25.5 Å². The van der Waals surface area contributed by atoms with Gasteiger partial charge < -0.3 is 14.8 Å². The lowest BCUT2D eigenvalue weighted by atomic mass is 10.1. The van der Waals surface area contributed by atoms with Gasteiger partial charge in [-0.25, -0.2) is 0 Å². The first-order chi connectivity index (χ1) is 8.69. The molecule has 2 atom stereocenters. The molecule has 0 saturated heterocycles. The van der Waals surface area contributed by atoms with Gasteiger partial charge in [-0.2, -0.15) is 0 Å². The topological polar surface area (TPSA) is 30.5 Å². The zero-order chi connectivity index (χ0) is 13.4. The molecular formula is C14H22ClNO2. The number of hydrogen-bond donors (Lipinski definition) is 1. The van der Waals surface area contributed by atoms with E-state index in [1.807, 2.05) is 45.2 Å². The number of halogens is 1. The Bertz CT molecular complexity index is 346. The van der Waals surface area contributed by atoms with Crippen LogP contribution in [0.2, 0.25) is 5.02 Å². The molecule has 0 aliphatic carbocycles. The van der Waals surface area contributed by atoms with Crippen LogP contribution in [0.3, 0.4) is 0 Å². The summed E-state index contributed by atoms with van der Waals surface area (Å²) in [7, 11) is 1.90. The number of benzene rings is 1. The fourth-order valence-electron chi connectivity index (χ4n) is 1.76. The predicted molar refractivity (Wildman–Crippen MR) is 75.2 cm³/mol. The summed E-state index contributed by atoms with van der Waals surface area (Å²) in [5.41, 5.74) is 1.01. The molecule has 1 aromatic carbocycles. The van der Waals surface area contributed by atoms with E-state index < -0.39 is 0 Å². The van der Waals surface area contributed by atoms with Crippen molar-refractivity contribution in [2.75, 3.05) is 26.8 Å². The minimum Gasteiger partial charge on any atom is -0.379 e. The minimum atomic E-state index is -0.0563. The highest BCUT2D eigenvalue weighted by molar-refractivity contribution is 6.31. The van der Waals surface area contributed by atoms with Crippen LogP contribution < -0.4 is 5.32 Å². The maximum atomic E-state index is 6.20. The summed E-state index contributed by atoms with van der Waals surface area (Å²) in [6.07, 6.45) is -0.0151. The van der Waals surface area contributed by atoms with Gasteiger partial charge in [0.1, 0.15) is 0 Å².